The summed E-state index contributed by atoms with van der Waals surface area (Å²) in [6.45, 7) is 3.61. The van der Waals surface area contributed by atoms with Crippen LogP contribution in [-0.4, -0.2) is 27.3 Å². The summed E-state index contributed by atoms with van der Waals surface area (Å²) < 4.78 is 20.7. The molecule has 1 N–H and O–H groups in total. The first-order valence-corrected chi connectivity index (χ1v) is 9.96. The summed E-state index contributed by atoms with van der Waals surface area (Å²) in [5.41, 5.74) is 1.18. The minimum absolute atomic E-state index is 0.204. The highest BCUT2D eigenvalue weighted by atomic mass is 19.1. The van der Waals surface area contributed by atoms with Gasteiger partial charge in [0.05, 0.1) is 18.7 Å². The van der Waals surface area contributed by atoms with Gasteiger partial charge in [0, 0.05) is 18.5 Å². The van der Waals surface area contributed by atoms with E-state index in [4.69, 9.17) is 4.74 Å². The first kappa shape index (κ1) is 20.7. The summed E-state index contributed by atoms with van der Waals surface area (Å²) in [6, 6.07) is 12.6. The van der Waals surface area contributed by atoms with Gasteiger partial charge in [-0.3, -0.25) is 9.59 Å². The Hall–Kier alpha value is -3.55. The Balaban J connectivity index is 1.56. The predicted molar refractivity (Wildman–Crippen MR) is 113 cm³/mol. The number of halogens is 1. The number of pyridine rings is 1. The SMILES string of the molecule is Cc1cc(NC(=O)[C@@H]2C[C@@]2(COc2cc(=O)n(C)nc2C)c2ccccc2)ncc1F. The van der Waals surface area contributed by atoms with Gasteiger partial charge in [0.1, 0.15) is 23.1 Å². The Morgan fingerprint density at radius 3 is 2.74 bits per heavy atom. The van der Waals surface area contributed by atoms with E-state index in [2.05, 4.69) is 15.4 Å². The molecule has 1 saturated carbocycles. The average molecular weight is 422 g/mol. The van der Waals surface area contributed by atoms with Crippen molar-refractivity contribution in [2.45, 2.75) is 25.7 Å². The van der Waals surface area contributed by atoms with Crippen LogP contribution in [-0.2, 0) is 17.3 Å². The minimum atomic E-state index is -0.534. The fourth-order valence-electron chi connectivity index (χ4n) is 3.79. The van der Waals surface area contributed by atoms with Crippen molar-refractivity contribution in [3.05, 3.63) is 81.7 Å². The topological polar surface area (TPSA) is 86.1 Å². The van der Waals surface area contributed by atoms with Crippen LogP contribution >= 0.6 is 0 Å². The Labute approximate surface area is 178 Å². The first-order chi connectivity index (χ1) is 14.8. The van der Waals surface area contributed by atoms with E-state index in [1.165, 1.54) is 16.8 Å². The summed E-state index contributed by atoms with van der Waals surface area (Å²) in [6.07, 6.45) is 1.68. The Bertz CT molecular complexity index is 1200. The summed E-state index contributed by atoms with van der Waals surface area (Å²) in [7, 11) is 1.58. The van der Waals surface area contributed by atoms with Crippen molar-refractivity contribution in [3.63, 3.8) is 0 Å². The van der Waals surface area contributed by atoms with Crippen molar-refractivity contribution in [1.82, 2.24) is 14.8 Å². The van der Waals surface area contributed by atoms with Crippen LogP contribution < -0.4 is 15.6 Å². The van der Waals surface area contributed by atoms with E-state index >= 15 is 0 Å². The number of nitrogens with one attached hydrogen (secondary N) is 1. The van der Waals surface area contributed by atoms with Crippen LogP contribution in [0.2, 0.25) is 0 Å². The number of benzene rings is 1. The number of ether oxygens (including phenoxy) is 1. The van der Waals surface area contributed by atoms with Gasteiger partial charge in [-0.1, -0.05) is 30.3 Å². The van der Waals surface area contributed by atoms with Crippen LogP contribution in [0.5, 0.6) is 5.75 Å². The number of amides is 1. The fraction of sp³-hybridized carbons (Fsp3) is 0.304. The molecule has 2 heterocycles. The molecule has 2 atom stereocenters. The molecule has 0 radical (unpaired) electrons. The lowest BCUT2D eigenvalue weighted by molar-refractivity contribution is -0.117. The number of aryl methyl sites for hydroxylation is 3. The molecule has 0 aliphatic heterocycles. The Kier molecular flexibility index (Phi) is 5.31. The quantitative estimate of drug-likeness (QED) is 0.660. The molecule has 1 aromatic carbocycles. The lowest BCUT2D eigenvalue weighted by Crippen LogP contribution is -2.28. The van der Waals surface area contributed by atoms with Crippen LogP contribution in [0.25, 0.3) is 0 Å². The lowest BCUT2D eigenvalue weighted by atomic mass is 9.93. The van der Waals surface area contributed by atoms with Gasteiger partial charge >= 0.3 is 0 Å². The molecule has 0 unspecified atom stereocenters. The molecular weight excluding hydrogens is 399 g/mol. The number of hydrogen-bond acceptors (Lipinski definition) is 5. The largest absolute Gasteiger partial charge is 0.490 e. The summed E-state index contributed by atoms with van der Waals surface area (Å²) in [4.78, 5) is 28.9. The van der Waals surface area contributed by atoms with Crippen LogP contribution in [0, 0.1) is 25.6 Å². The molecule has 7 nitrogen and oxygen atoms in total. The second-order valence-corrected chi connectivity index (χ2v) is 7.93. The molecule has 3 aromatic rings. The summed E-state index contributed by atoms with van der Waals surface area (Å²) in [5.74, 6) is -0.258. The van der Waals surface area contributed by atoms with E-state index in [9.17, 15) is 14.0 Å². The molecule has 0 saturated heterocycles. The van der Waals surface area contributed by atoms with Gasteiger partial charge in [-0.2, -0.15) is 5.10 Å². The Morgan fingerprint density at radius 1 is 1.29 bits per heavy atom. The molecule has 0 bridgehead atoms. The average Bonchev–Trinajstić information content (AvgIpc) is 3.49. The second-order valence-electron chi connectivity index (χ2n) is 7.93. The van der Waals surface area contributed by atoms with Crippen molar-refractivity contribution in [2.24, 2.45) is 13.0 Å². The van der Waals surface area contributed by atoms with E-state index in [1.807, 2.05) is 30.3 Å². The van der Waals surface area contributed by atoms with Gasteiger partial charge in [-0.25, -0.2) is 14.1 Å². The molecule has 2 aromatic heterocycles. The van der Waals surface area contributed by atoms with Gasteiger partial charge in [0.15, 0.2) is 0 Å². The maximum atomic E-state index is 13.5. The number of hydrogen-bond donors (Lipinski definition) is 1. The van der Waals surface area contributed by atoms with E-state index in [0.717, 1.165) is 11.8 Å². The number of nitrogens with zero attached hydrogens (tertiary/aromatic N) is 3. The molecule has 8 heteroatoms. The number of carbonyl (C=O) groups is 1. The number of rotatable bonds is 6. The third-order valence-corrected chi connectivity index (χ3v) is 5.75. The molecule has 4 rings (SSSR count). The normalized spacial score (nSPS) is 19.7. The molecule has 1 fully saturated rings. The molecular formula is C23H23FN4O3. The van der Waals surface area contributed by atoms with E-state index in [1.54, 1.807) is 20.9 Å². The van der Waals surface area contributed by atoms with E-state index in [-0.39, 0.29) is 24.0 Å². The molecule has 160 valence electrons. The highest BCUT2D eigenvalue weighted by Gasteiger charge is 2.60. The molecule has 0 spiro atoms. The zero-order valence-corrected chi connectivity index (χ0v) is 17.6. The number of aromatic nitrogens is 3. The first-order valence-electron chi connectivity index (χ1n) is 9.96. The van der Waals surface area contributed by atoms with Crippen molar-refractivity contribution in [3.8, 4) is 5.75 Å². The molecule has 1 aliphatic carbocycles. The van der Waals surface area contributed by atoms with Gasteiger partial charge < -0.3 is 10.1 Å². The van der Waals surface area contributed by atoms with E-state index < -0.39 is 11.2 Å². The monoisotopic (exact) mass is 422 g/mol. The summed E-state index contributed by atoms with van der Waals surface area (Å²) in [5, 5.41) is 6.94. The van der Waals surface area contributed by atoms with Gasteiger partial charge in [0.2, 0.25) is 5.91 Å². The van der Waals surface area contributed by atoms with Gasteiger partial charge in [0.25, 0.3) is 5.56 Å². The Morgan fingerprint density at radius 2 is 2.03 bits per heavy atom. The smallest absolute Gasteiger partial charge is 0.270 e. The molecule has 1 aliphatic rings. The zero-order chi connectivity index (χ0) is 22.2. The maximum absolute atomic E-state index is 13.5. The van der Waals surface area contributed by atoms with Crippen molar-refractivity contribution >= 4 is 11.7 Å². The third kappa shape index (κ3) is 4.05. The van der Waals surface area contributed by atoms with Crippen LogP contribution in [0.1, 0.15) is 23.2 Å². The zero-order valence-electron chi connectivity index (χ0n) is 17.6. The van der Waals surface area contributed by atoms with E-state index in [0.29, 0.717) is 29.2 Å². The summed E-state index contributed by atoms with van der Waals surface area (Å²) >= 11 is 0. The van der Waals surface area contributed by atoms with Crippen LogP contribution in [0.4, 0.5) is 10.2 Å². The number of carbonyl (C=O) groups excluding carboxylic acids is 1. The van der Waals surface area contributed by atoms with Crippen LogP contribution in [0.3, 0.4) is 0 Å². The number of anilines is 1. The lowest BCUT2D eigenvalue weighted by Gasteiger charge is -2.19. The van der Waals surface area contributed by atoms with Crippen molar-refractivity contribution in [1.29, 1.82) is 0 Å². The molecule has 31 heavy (non-hydrogen) atoms. The van der Waals surface area contributed by atoms with Gasteiger partial charge in [-0.15, -0.1) is 0 Å². The highest BCUT2D eigenvalue weighted by Crippen LogP contribution is 2.55. The van der Waals surface area contributed by atoms with Crippen molar-refractivity contribution in [2.75, 3.05) is 11.9 Å². The fourth-order valence-corrected chi connectivity index (χ4v) is 3.79. The third-order valence-electron chi connectivity index (χ3n) is 5.75. The minimum Gasteiger partial charge on any atom is -0.490 e. The predicted octanol–water partition coefficient (Wildman–Crippen LogP) is 2.91. The van der Waals surface area contributed by atoms with Crippen molar-refractivity contribution < 1.29 is 13.9 Å². The van der Waals surface area contributed by atoms with Crippen LogP contribution in [0.15, 0.2) is 53.5 Å². The molecule has 1 amide bonds. The highest BCUT2D eigenvalue weighted by molar-refractivity contribution is 5.95. The maximum Gasteiger partial charge on any atom is 0.270 e. The van der Waals surface area contributed by atoms with Gasteiger partial charge in [-0.05, 0) is 37.5 Å². The second kappa shape index (κ2) is 7.94. The standard InChI is InChI=1S/C23H23FN4O3/c1-14-9-20(25-12-18(14)24)26-22(30)17-11-23(17,16-7-5-4-6-8-16)13-31-19-10-21(29)28(3)27-15(19)2/h4-10,12,17H,11,13H2,1-3H3,(H,25,26,30)/t17-,23+/m0/s1.